The van der Waals surface area contributed by atoms with Crippen molar-refractivity contribution in [2.45, 2.75) is 31.9 Å². The number of hydrogen-bond acceptors (Lipinski definition) is 6. The Balaban J connectivity index is 1.98. The molecule has 7 heteroatoms. The van der Waals surface area contributed by atoms with Crippen molar-refractivity contribution in [3.05, 3.63) is 15.5 Å². The third-order valence-electron chi connectivity index (χ3n) is 2.84. The van der Waals surface area contributed by atoms with Gasteiger partial charge in [-0.15, -0.1) is 11.3 Å². The Hall–Kier alpha value is -0.690. The number of rotatable bonds is 6. The summed E-state index contributed by atoms with van der Waals surface area (Å²) in [4.78, 5) is 16.1. The van der Waals surface area contributed by atoms with Gasteiger partial charge in [0.2, 0.25) is 0 Å². The Bertz CT molecular complexity index is 421. The van der Waals surface area contributed by atoms with Crippen molar-refractivity contribution in [3.8, 4) is 0 Å². The number of nitrogens with one attached hydrogen (secondary N) is 1. The Kier molecular flexibility index (Phi) is 5.57. The molecule has 0 spiro atoms. The SMILES string of the molecule is CCOC(=O)C(NCC1CCCO1)c1ncc(Cl)s1. The van der Waals surface area contributed by atoms with Crippen molar-refractivity contribution in [3.63, 3.8) is 0 Å². The summed E-state index contributed by atoms with van der Waals surface area (Å²) in [6.45, 7) is 3.53. The van der Waals surface area contributed by atoms with Crippen molar-refractivity contribution < 1.29 is 14.3 Å². The van der Waals surface area contributed by atoms with Crippen LogP contribution in [0.4, 0.5) is 0 Å². The largest absolute Gasteiger partial charge is 0.465 e. The normalized spacial score (nSPS) is 20.4. The zero-order chi connectivity index (χ0) is 13.7. The van der Waals surface area contributed by atoms with Gasteiger partial charge in [-0.3, -0.25) is 5.32 Å². The number of esters is 1. The maximum absolute atomic E-state index is 12.0. The van der Waals surface area contributed by atoms with Crippen LogP contribution in [-0.4, -0.2) is 36.8 Å². The first-order valence-corrected chi connectivity index (χ1v) is 7.53. The minimum atomic E-state index is -0.568. The summed E-state index contributed by atoms with van der Waals surface area (Å²) in [5.41, 5.74) is 0. The van der Waals surface area contributed by atoms with E-state index in [0.29, 0.717) is 22.5 Å². The highest BCUT2D eigenvalue weighted by molar-refractivity contribution is 7.16. The molecular formula is C12H17ClN2O3S. The van der Waals surface area contributed by atoms with E-state index >= 15 is 0 Å². The number of aromatic nitrogens is 1. The maximum atomic E-state index is 12.0. The van der Waals surface area contributed by atoms with E-state index in [2.05, 4.69) is 10.3 Å². The van der Waals surface area contributed by atoms with Crippen LogP contribution in [0.5, 0.6) is 0 Å². The van der Waals surface area contributed by atoms with E-state index in [4.69, 9.17) is 21.1 Å². The fraction of sp³-hybridized carbons (Fsp3) is 0.667. The zero-order valence-corrected chi connectivity index (χ0v) is 12.3. The number of halogens is 1. The molecule has 2 heterocycles. The van der Waals surface area contributed by atoms with E-state index in [9.17, 15) is 4.79 Å². The summed E-state index contributed by atoms with van der Waals surface area (Å²) in [5, 5.41) is 3.79. The third kappa shape index (κ3) is 4.14. The van der Waals surface area contributed by atoms with Crippen LogP contribution in [0, 0.1) is 0 Å². The fourth-order valence-electron chi connectivity index (χ4n) is 1.95. The van der Waals surface area contributed by atoms with Gasteiger partial charge in [-0.2, -0.15) is 0 Å². The van der Waals surface area contributed by atoms with Crippen LogP contribution in [0.1, 0.15) is 30.8 Å². The van der Waals surface area contributed by atoms with Crippen molar-refractivity contribution >= 4 is 28.9 Å². The van der Waals surface area contributed by atoms with Crippen molar-refractivity contribution in [2.75, 3.05) is 19.8 Å². The summed E-state index contributed by atoms with van der Waals surface area (Å²) < 4.78 is 11.1. The molecule has 1 aliphatic rings. The van der Waals surface area contributed by atoms with Gasteiger partial charge in [0.05, 0.1) is 18.9 Å². The molecule has 1 aromatic rings. The summed E-state index contributed by atoms with van der Waals surface area (Å²) >= 11 is 7.15. The molecule has 106 valence electrons. The monoisotopic (exact) mass is 304 g/mol. The van der Waals surface area contributed by atoms with E-state index in [1.165, 1.54) is 11.3 Å². The van der Waals surface area contributed by atoms with Gasteiger partial charge in [-0.05, 0) is 19.8 Å². The Morgan fingerprint density at radius 3 is 3.21 bits per heavy atom. The van der Waals surface area contributed by atoms with Gasteiger partial charge in [-0.1, -0.05) is 11.6 Å². The molecule has 2 atom stereocenters. The van der Waals surface area contributed by atoms with Crippen LogP contribution in [0.15, 0.2) is 6.20 Å². The van der Waals surface area contributed by atoms with E-state index in [1.807, 2.05) is 0 Å². The van der Waals surface area contributed by atoms with Crippen LogP contribution in [0.3, 0.4) is 0 Å². The molecule has 5 nitrogen and oxygen atoms in total. The lowest BCUT2D eigenvalue weighted by atomic mass is 10.2. The van der Waals surface area contributed by atoms with Gasteiger partial charge in [0.1, 0.15) is 9.34 Å². The number of hydrogen-bond donors (Lipinski definition) is 1. The van der Waals surface area contributed by atoms with Crippen LogP contribution < -0.4 is 5.32 Å². The van der Waals surface area contributed by atoms with Gasteiger partial charge in [0.25, 0.3) is 0 Å². The van der Waals surface area contributed by atoms with E-state index in [1.54, 1.807) is 13.1 Å². The van der Waals surface area contributed by atoms with E-state index in [-0.39, 0.29) is 12.1 Å². The Morgan fingerprint density at radius 1 is 1.79 bits per heavy atom. The lowest BCUT2D eigenvalue weighted by Crippen LogP contribution is -2.35. The number of nitrogens with zero attached hydrogens (tertiary/aromatic N) is 1. The zero-order valence-electron chi connectivity index (χ0n) is 10.7. The second kappa shape index (κ2) is 7.19. The lowest BCUT2D eigenvalue weighted by molar-refractivity contribution is -0.146. The molecular weight excluding hydrogens is 288 g/mol. The van der Waals surface area contributed by atoms with Gasteiger partial charge in [-0.25, -0.2) is 9.78 Å². The summed E-state index contributed by atoms with van der Waals surface area (Å²) in [6, 6.07) is -0.568. The van der Waals surface area contributed by atoms with Crippen LogP contribution >= 0.6 is 22.9 Å². The lowest BCUT2D eigenvalue weighted by Gasteiger charge is -2.17. The molecule has 0 amide bonds. The number of carbonyl (C=O) groups is 1. The highest BCUT2D eigenvalue weighted by Gasteiger charge is 2.26. The molecule has 19 heavy (non-hydrogen) atoms. The smallest absolute Gasteiger partial charge is 0.330 e. The van der Waals surface area contributed by atoms with Gasteiger partial charge in [0, 0.05) is 13.2 Å². The minimum absolute atomic E-state index is 0.160. The topological polar surface area (TPSA) is 60.5 Å². The van der Waals surface area contributed by atoms with E-state index in [0.717, 1.165) is 19.4 Å². The molecule has 0 bridgehead atoms. The molecule has 2 rings (SSSR count). The average molecular weight is 305 g/mol. The molecule has 0 aromatic carbocycles. The maximum Gasteiger partial charge on any atom is 0.330 e. The second-order valence-electron chi connectivity index (χ2n) is 4.23. The van der Waals surface area contributed by atoms with Crippen LogP contribution in [0.25, 0.3) is 0 Å². The first-order valence-electron chi connectivity index (χ1n) is 6.33. The number of ether oxygens (including phenoxy) is 2. The van der Waals surface area contributed by atoms with Crippen molar-refractivity contribution in [2.24, 2.45) is 0 Å². The molecule has 2 unspecified atom stereocenters. The molecule has 0 aliphatic carbocycles. The quantitative estimate of drug-likeness (QED) is 0.816. The van der Waals surface area contributed by atoms with Gasteiger partial charge in [0.15, 0.2) is 6.04 Å². The summed E-state index contributed by atoms with van der Waals surface area (Å²) in [6.07, 6.45) is 3.79. The summed E-state index contributed by atoms with van der Waals surface area (Å²) in [7, 11) is 0. The first-order chi connectivity index (χ1) is 9.20. The van der Waals surface area contributed by atoms with E-state index < -0.39 is 6.04 Å². The predicted octanol–water partition coefficient (Wildman–Crippen LogP) is 2.17. The Labute approximate surface area is 121 Å². The molecule has 1 fully saturated rings. The van der Waals surface area contributed by atoms with Crippen molar-refractivity contribution in [1.82, 2.24) is 10.3 Å². The predicted molar refractivity (Wildman–Crippen MR) is 73.5 cm³/mol. The summed E-state index contributed by atoms with van der Waals surface area (Å²) in [5.74, 6) is -0.327. The van der Waals surface area contributed by atoms with Crippen LogP contribution in [-0.2, 0) is 14.3 Å². The highest BCUT2D eigenvalue weighted by Crippen LogP contribution is 2.25. The van der Waals surface area contributed by atoms with Gasteiger partial charge < -0.3 is 9.47 Å². The van der Waals surface area contributed by atoms with Crippen LogP contribution in [0.2, 0.25) is 4.34 Å². The first kappa shape index (κ1) is 14.7. The number of thiazole rings is 1. The molecule has 0 radical (unpaired) electrons. The molecule has 1 aromatic heterocycles. The molecule has 0 saturated carbocycles. The number of carbonyl (C=O) groups excluding carboxylic acids is 1. The fourth-order valence-corrected chi connectivity index (χ4v) is 2.95. The minimum Gasteiger partial charge on any atom is -0.465 e. The molecule has 1 N–H and O–H groups in total. The average Bonchev–Trinajstić information content (AvgIpc) is 3.02. The second-order valence-corrected chi connectivity index (χ2v) is 5.92. The highest BCUT2D eigenvalue weighted by atomic mass is 35.5. The van der Waals surface area contributed by atoms with Gasteiger partial charge >= 0.3 is 5.97 Å². The standard InChI is InChI=1S/C12H17ClN2O3S/c1-2-17-12(16)10(11-15-7-9(13)19-11)14-6-8-4-3-5-18-8/h7-8,10,14H,2-6H2,1H3. The molecule has 1 saturated heterocycles. The Morgan fingerprint density at radius 2 is 2.63 bits per heavy atom. The molecule has 1 aliphatic heterocycles. The third-order valence-corrected chi connectivity index (χ3v) is 4.02. The van der Waals surface area contributed by atoms with Crippen molar-refractivity contribution in [1.29, 1.82) is 0 Å².